The van der Waals surface area contributed by atoms with Gasteiger partial charge in [-0.25, -0.2) is 14.8 Å². The molecule has 4 rings (SSSR count). The Morgan fingerprint density at radius 1 is 1.14 bits per heavy atom. The number of rotatable bonds is 4. The molecule has 3 aromatic heterocycles. The fourth-order valence-corrected chi connectivity index (χ4v) is 4.12. The highest BCUT2D eigenvalue weighted by molar-refractivity contribution is 7.17. The van der Waals surface area contributed by atoms with Gasteiger partial charge in [0.2, 0.25) is 0 Å². The van der Waals surface area contributed by atoms with E-state index in [9.17, 15) is 9.59 Å². The molecule has 0 saturated carbocycles. The number of fused-ring (bicyclic) bond motifs is 1. The van der Waals surface area contributed by atoms with Gasteiger partial charge in [-0.1, -0.05) is 29.8 Å². The first-order valence-corrected chi connectivity index (χ1v) is 10.0. The van der Waals surface area contributed by atoms with Crippen LogP contribution in [0.3, 0.4) is 0 Å². The van der Waals surface area contributed by atoms with Crippen molar-refractivity contribution in [3.8, 4) is 10.6 Å². The summed E-state index contributed by atoms with van der Waals surface area (Å²) < 4.78 is 6.91. The molecule has 0 fully saturated rings. The number of carbonyl (C=O) groups excluding carboxylic acids is 1. The molecule has 0 N–H and O–H groups in total. The van der Waals surface area contributed by atoms with Crippen LogP contribution in [0.15, 0.2) is 53.3 Å². The molecular formula is C21H16ClN3O3S. The predicted molar refractivity (Wildman–Crippen MR) is 113 cm³/mol. The summed E-state index contributed by atoms with van der Waals surface area (Å²) in [6, 6.07) is 14.1. The summed E-state index contributed by atoms with van der Waals surface area (Å²) in [7, 11) is 0. The second-order valence-corrected chi connectivity index (χ2v) is 7.90. The van der Waals surface area contributed by atoms with Crippen molar-refractivity contribution in [1.82, 2.24) is 14.4 Å². The van der Waals surface area contributed by atoms with Gasteiger partial charge in [-0.2, -0.15) is 0 Å². The van der Waals surface area contributed by atoms with Crippen molar-refractivity contribution in [3.05, 3.63) is 85.9 Å². The Bertz CT molecular complexity index is 1300. The minimum absolute atomic E-state index is 0.0949. The molecule has 0 bridgehead atoms. The molecule has 8 heteroatoms. The van der Waals surface area contributed by atoms with Gasteiger partial charge in [-0.15, -0.1) is 11.3 Å². The lowest BCUT2D eigenvalue weighted by atomic mass is 10.2. The number of pyridine rings is 1. The van der Waals surface area contributed by atoms with Gasteiger partial charge in [0, 0.05) is 22.3 Å². The Labute approximate surface area is 175 Å². The van der Waals surface area contributed by atoms with Gasteiger partial charge in [0.25, 0.3) is 5.56 Å². The number of hydrogen-bond donors (Lipinski definition) is 0. The first-order valence-electron chi connectivity index (χ1n) is 8.81. The Morgan fingerprint density at radius 3 is 2.72 bits per heavy atom. The minimum atomic E-state index is -0.500. The van der Waals surface area contributed by atoms with E-state index in [4.69, 9.17) is 16.3 Å². The number of aryl methyl sites for hydroxylation is 2. The van der Waals surface area contributed by atoms with Crippen molar-refractivity contribution >= 4 is 34.6 Å². The quantitative estimate of drug-likeness (QED) is 0.452. The normalized spacial score (nSPS) is 11.0. The summed E-state index contributed by atoms with van der Waals surface area (Å²) in [5, 5.41) is 1.29. The lowest BCUT2D eigenvalue weighted by Gasteiger charge is -2.07. The third kappa shape index (κ3) is 3.92. The first-order chi connectivity index (χ1) is 13.9. The van der Waals surface area contributed by atoms with Crippen LogP contribution < -0.4 is 5.56 Å². The average Bonchev–Trinajstić information content (AvgIpc) is 3.08. The summed E-state index contributed by atoms with van der Waals surface area (Å²) in [6.07, 6.45) is 0. The number of aromatic nitrogens is 3. The maximum atomic E-state index is 12.6. The lowest BCUT2D eigenvalue weighted by molar-refractivity contribution is 0.0472. The minimum Gasteiger partial charge on any atom is -0.455 e. The Balaban J connectivity index is 1.55. The molecule has 6 nitrogen and oxygen atoms in total. The zero-order chi connectivity index (χ0) is 20.5. The molecule has 0 aliphatic heterocycles. The van der Waals surface area contributed by atoms with Crippen LogP contribution in [0.2, 0.25) is 5.02 Å². The zero-order valence-corrected chi connectivity index (χ0v) is 17.3. The third-order valence-electron chi connectivity index (χ3n) is 4.34. The number of halogens is 1. The number of thiazole rings is 1. The number of ether oxygens (including phenoxy) is 1. The largest absolute Gasteiger partial charge is 0.455 e. The number of benzene rings is 1. The molecule has 0 radical (unpaired) electrons. The lowest BCUT2D eigenvalue weighted by Crippen LogP contribution is -2.18. The molecule has 4 aromatic rings. The summed E-state index contributed by atoms with van der Waals surface area (Å²) in [4.78, 5) is 34.2. The number of esters is 1. The molecule has 0 atom stereocenters. The van der Waals surface area contributed by atoms with Crippen molar-refractivity contribution in [2.24, 2.45) is 0 Å². The van der Waals surface area contributed by atoms with E-state index in [1.54, 1.807) is 25.1 Å². The summed E-state index contributed by atoms with van der Waals surface area (Å²) in [5.41, 5.74) is 2.90. The van der Waals surface area contributed by atoms with Gasteiger partial charge in [0.15, 0.2) is 0 Å². The fraction of sp³-hybridized carbons (Fsp3) is 0.143. The van der Waals surface area contributed by atoms with E-state index in [2.05, 4.69) is 9.97 Å². The van der Waals surface area contributed by atoms with Crippen LogP contribution in [-0.2, 0) is 11.3 Å². The molecule has 0 aliphatic rings. The van der Waals surface area contributed by atoms with Gasteiger partial charge in [-0.3, -0.25) is 9.20 Å². The van der Waals surface area contributed by atoms with E-state index in [0.29, 0.717) is 31.9 Å². The average molecular weight is 426 g/mol. The molecule has 0 spiro atoms. The van der Waals surface area contributed by atoms with E-state index in [1.807, 2.05) is 31.2 Å². The number of nitrogens with zero attached hydrogens (tertiary/aromatic N) is 3. The summed E-state index contributed by atoms with van der Waals surface area (Å²) in [5.74, 6) is -0.500. The second kappa shape index (κ2) is 7.77. The summed E-state index contributed by atoms with van der Waals surface area (Å²) >= 11 is 7.28. The van der Waals surface area contributed by atoms with Crippen LogP contribution in [0, 0.1) is 13.8 Å². The highest BCUT2D eigenvalue weighted by Gasteiger charge is 2.18. The van der Waals surface area contributed by atoms with Gasteiger partial charge in [0.1, 0.15) is 22.1 Å². The van der Waals surface area contributed by atoms with E-state index in [0.717, 1.165) is 11.3 Å². The molecule has 3 heterocycles. The third-order valence-corrected chi connectivity index (χ3v) is 5.76. The zero-order valence-electron chi connectivity index (χ0n) is 15.7. The molecule has 0 aliphatic carbocycles. The van der Waals surface area contributed by atoms with E-state index in [-0.39, 0.29) is 12.2 Å². The highest BCUT2D eigenvalue weighted by Crippen LogP contribution is 2.30. The van der Waals surface area contributed by atoms with E-state index < -0.39 is 5.97 Å². The molecule has 1 aromatic carbocycles. The van der Waals surface area contributed by atoms with Crippen molar-refractivity contribution < 1.29 is 9.53 Å². The van der Waals surface area contributed by atoms with Gasteiger partial charge in [-0.05, 0) is 38.1 Å². The summed E-state index contributed by atoms with van der Waals surface area (Å²) in [6.45, 7) is 3.49. The van der Waals surface area contributed by atoms with E-state index in [1.165, 1.54) is 21.8 Å². The highest BCUT2D eigenvalue weighted by atomic mass is 35.5. The van der Waals surface area contributed by atoms with Crippen LogP contribution >= 0.6 is 22.9 Å². The maximum absolute atomic E-state index is 12.6. The van der Waals surface area contributed by atoms with E-state index >= 15 is 0 Å². The van der Waals surface area contributed by atoms with Crippen molar-refractivity contribution in [3.63, 3.8) is 0 Å². The van der Waals surface area contributed by atoms with Crippen LogP contribution in [0.1, 0.15) is 26.8 Å². The van der Waals surface area contributed by atoms with Gasteiger partial charge in [0.05, 0.1) is 11.4 Å². The van der Waals surface area contributed by atoms with Crippen molar-refractivity contribution in [2.75, 3.05) is 0 Å². The second-order valence-electron chi connectivity index (χ2n) is 6.47. The molecular weight excluding hydrogens is 410 g/mol. The van der Waals surface area contributed by atoms with Crippen molar-refractivity contribution in [1.29, 1.82) is 0 Å². The molecule has 0 amide bonds. The van der Waals surface area contributed by atoms with Gasteiger partial charge >= 0.3 is 5.97 Å². The Morgan fingerprint density at radius 2 is 1.93 bits per heavy atom. The van der Waals surface area contributed by atoms with Crippen LogP contribution in [0.25, 0.3) is 16.2 Å². The molecule has 0 unspecified atom stereocenters. The smallest absolute Gasteiger partial charge is 0.350 e. The molecule has 146 valence electrons. The van der Waals surface area contributed by atoms with Crippen LogP contribution in [-0.4, -0.2) is 20.3 Å². The Kier molecular flexibility index (Phi) is 5.17. The topological polar surface area (TPSA) is 73.6 Å². The number of carbonyl (C=O) groups is 1. The van der Waals surface area contributed by atoms with Crippen LogP contribution in [0.5, 0.6) is 0 Å². The predicted octanol–water partition coefficient (Wildman–Crippen LogP) is 4.45. The first kappa shape index (κ1) is 19.3. The molecule has 29 heavy (non-hydrogen) atoms. The number of hydrogen-bond acceptors (Lipinski definition) is 6. The van der Waals surface area contributed by atoms with Crippen molar-refractivity contribution in [2.45, 2.75) is 20.5 Å². The fourth-order valence-electron chi connectivity index (χ4n) is 2.97. The van der Waals surface area contributed by atoms with Gasteiger partial charge < -0.3 is 4.74 Å². The van der Waals surface area contributed by atoms with Crippen LogP contribution in [0.4, 0.5) is 0 Å². The maximum Gasteiger partial charge on any atom is 0.350 e. The SMILES string of the molecule is Cc1nc(-c2cccc(Cl)c2)sc1C(=O)OCc1cc(=O)n2c(C)cccc2n1. The Hall–Kier alpha value is -3.03. The molecule has 0 saturated heterocycles. The standard InChI is InChI=1S/C21H16ClN3O3S/c1-12-5-3-8-17-24-16(10-18(26)25(12)17)11-28-21(27)19-13(2)23-20(29-19)14-6-4-7-15(22)9-14/h3-10H,11H2,1-2H3. The monoisotopic (exact) mass is 425 g/mol.